The standard InChI is InChI=1S/C44H40N6/c1-28(2)32-19-11-12-20-33(32)29-23-24-35-37(27-29)50-39-38(45-25-26-46-39)49(31-17-9-6-10-18-31)41(50)44(35)42(3)34-21-13-14-22-36(34)48-40(43(42,44)4)47-30-15-7-5-8-16-30/h5-28,40-41,47-48H,1-4H3. The van der Waals surface area contributed by atoms with E-state index in [0.717, 1.165) is 23.0 Å². The predicted octanol–water partition coefficient (Wildman–Crippen LogP) is 9.98. The lowest BCUT2D eigenvalue weighted by Gasteiger charge is -2.38. The van der Waals surface area contributed by atoms with Gasteiger partial charge in [-0.2, -0.15) is 0 Å². The number of nitrogens with one attached hydrogen (secondary N) is 2. The fourth-order valence-corrected chi connectivity index (χ4v) is 10.4. The number of fused-ring (bicyclic) bond motifs is 12. The van der Waals surface area contributed by atoms with Crippen LogP contribution in [0.15, 0.2) is 140 Å². The highest BCUT2D eigenvalue weighted by Gasteiger charge is 2.93. The van der Waals surface area contributed by atoms with Gasteiger partial charge in [-0.3, -0.25) is 0 Å². The van der Waals surface area contributed by atoms with Gasteiger partial charge in [-0.1, -0.05) is 119 Å². The third-order valence-corrected chi connectivity index (χ3v) is 12.6. The quantitative estimate of drug-likeness (QED) is 0.193. The monoisotopic (exact) mass is 652 g/mol. The zero-order chi connectivity index (χ0) is 33.8. The van der Waals surface area contributed by atoms with Gasteiger partial charge in [0.15, 0.2) is 11.6 Å². The molecule has 10 rings (SSSR count). The number of aromatic nitrogens is 2. The molecular weight excluding hydrogens is 613 g/mol. The summed E-state index contributed by atoms with van der Waals surface area (Å²) in [6.45, 7) is 9.57. The number of anilines is 6. The maximum absolute atomic E-state index is 5.10. The van der Waals surface area contributed by atoms with Crippen LogP contribution < -0.4 is 20.4 Å². The Morgan fingerprint density at radius 3 is 2.12 bits per heavy atom. The highest BCUT2D eigenvalue weighted by atomic mass is 15.5. The van der Waals surface area contributed by atoms with Gasteiger partial charge in [0.1, 0.15) is 12.3 Å². The molecule has 5 aromatic carbocycles. The van der Waals surface area contributed by atoms with Crippen LogP contribution in [-0.4, -0.2) is 22.3 Å². The number of hydrogen-bond acceptors (Lipinski definition) is 6. The minimum absolute atomic E-state index is 0.0683. The SMILES string of the molecule is CC(C)c1ccccc1-c1ccc2c(c1)N1c3nccnc3N(c3ccccc3)C1C21C2(C)c3ccccc3NC(Nc3ccccc3)C21C. The normalized spacial score (nSPS) is 26.5. The Balaban J connectivity index is 1.28. The summed E-state index contributed by atoms with van der Waals surface area (Å²) in [5.74, 6) is 2.20. The molecule has 6 aromatic rings. The summed E-state index contributed by atoms with van der Waals surface area (Å²) in [6.07, 6.45) is 3.49. The van der Waals surface area contributed by atoms with Crippen molar-refractivity contribution in [2.24, 2.45) is 5.41 Å². The van der Waals surface area contributed by atoms with Crippen LogP contribution in [0.4, 0.5) is 34.4 Å². The summed E-state index contributed by atoms with van der Waals surface area (Å²) in [4.78, 5) is 15.2. The predicted molar refractivity (Wildman–Crippen MR) is 204 cm³/mol. The summed E-state index contributed by atoms with van der Waals surface area (Å²) in [5.41, 5.74) is 10.2. The second-order valence-electron chi connectivity index (χ2n) is 14.9. The van der Waals surface area contributed by atoms with Crippen LogP contribution in [0.3, 0.4) is 0 Å². The molecule has 4 aliphatic rings. The van der Waals surface area contributed by atoms with Crippen LogP contribution in [0.5, 0.6) is 0 Å². The molecule has 1 aliphatic carbocycles. The second kappa shape index (κ2) is 10.2. The van der Waals surface area contributed by atoms with E-state index in [1.807, 2.05) is 12.4 Å². The third kappa shape index (κ3) is 3.43. The molecule has 3 aliphatic heterocycles. The zero-order valence-electron chi connectivity index (χ0n) is 28.8. The topological polar surface area (TPSA) is 56.3 Å². The van der Waals surface area contributed by atoms with Crippen LogP contribution in [0.25, 0.3) is 11.1 Å². The molecule has 1 fully saturated rings. The van der Waals surface area contributed by atoms with E-state index < -0.39 is 0 Å². The molecule has 6 heteroatoms. The summed E-state index contributed by atoms with van der Waals surface area (Å²) >= 11 is 0. The van der Waals surface area contributed by atoms with Gasteiger partial charge in [0.25, 0.3) is 0 Å². The lowest BCUT2D eigenvalue weighted by molar-refractivity contribution is 0.372. The van der Waals surface area contributed by atoms with Crippen molar-refractivity contribution in [2.45, 2.75) is 56.8 Å². The maximum Gasteiger partial charge on any atom is 0.178 e. The fraction of sp³-hybridized carbons (Fsp3) is 0.227. The molecule has 0 saturated heterocycles. The average Bonchev–Trinajstić information content (AvgIpc) is 3.36. The molecule has 246 valence electrons. The van der Waals surface area contributed by atoms with Gasteiger partial charge in [0.2, 0.25) is 0 Å². The van der Waals surface area contributed by atoms with Gasteiger partial charge < -0.3 is 20.4 Å². The Kier molecular flexibility index (Phi) is 5.98. The lowest BCUT2D eigenvalue weighted by Crippen LogP contribution is -2.49. The molecule has 0 radical (unpaired) electrons. The molecule has 2 N–H and O–H groups in total. The zero-order valence-corrected chi connectivity index (χ0v) is 28.8. The van der Waals surface area contributed by atoms with E-state index in [9.17, 15) is 0 Å². The largest absolute Gasteiger partial charge is 0.365 e. The van der Waals surface area contributed by atoms with E-state index in [1.165, 1.54) is 39.2 Å². The summed E-state index contributed by atoms with van der Waals surface area (Å²) in [5, 5.41) is 8.01. The molecule has 5 atom stereocenters. The van der Waals surface area contributed by atoms with Gasteiger partial charge in [0.05, 0.1) is 5.41 Å². The first-order valence-corrected chi connectivity index (χ1v) is 17.8. The van der Waals surface area contributed by atoms with Crippen molar-refractivity contribution in [1.82, 2.24) is 9.97 Å². The van der Waals surface area contributed by atoms with E-state index in [-0.39, 0.29) is 28.6 Å². The first-order valence-electron chi connectivity index (χ1n) is 17.8. The van der Waals surface area contributed by atoms with Crippen LogP contribution in [0.2, 0.25) is 0 Å². The molecule has 1 aromatic heterocycles. The molecule has 1 saturated carbocycles. The van der Waals surface area contributed by atoms with Crippen molar-refractivity contribution in [2.75, 3.05) is 20.4 Å². The lowest BCUT2D eigenvalue weighted by atomic mass is 9.80. The number of benzene rings is 5. The highest BCUT2D eigenvalue weighted by molar-refractivity contribution is 5.94. The Morgan fingerprint density at radius 1 is 0.700 bits per heavy atom. The molecule has 1 spiro atoms. The van der Waals surface area contributed by atoms with E-state index in [4.69, 9.17) is 9.97 Å². The Labute approximate surface area is 293 Å². The molecule has 0 bridgehead atoms. The second-order valence-corrected chi connectivity index (χ2v) is 14.9. The van der Waals surface area contributed by atoms with Gasteiger partial charge in [-0.15, -0.1) is 0 Å². The van der Waals surface area contributed by atoms with E-state index in [0.29, 0.717) is 5.92 Å². The molecule has 5 unspecified atom stereocenters. The van der Waals surface area contributed by atoms with Crippen molar-refractivity contribution in [3.63, 3.8) is 0 Å². The van der Waals surface area contributed by atoms with Crippen molar-refractivity contribution in [1.29, 1.82) is 0 Å². The number of rotatable bonds is 5. The molecule has 6 nitrogen and oxygen atoms in total. The molecule has 50 heavy (non-hydrogen) atoms. The van der Waals surface area contributed by atoms with Crippen LogP contribution in [0.1, 0.15) is 50.3 Å². The summed E-state index contributed by atoms with van der Waals surface area (Å²) < 4.78 is 0. The molecule has 0 amide bonds. The highest BCUT2D eigenvalue weighted by Crippen LogP contribution is 2.87. The number of nitrogens with zero attached hydrogens (tertiary/aromatic N) is 4. The van der Waals surface area contributed by atoms with Gasteiger partial charge in [-0.05, 0) is 70.1 Å². The fourth-order valence-electron chi connectivity index (χ4n) is 10.4. The average molecular weight is 653 g/mol. The first-order chi connectivity index (χ1) is 24.4. The Morgan fingerprint density at radius 2 is 1.36 bits per heavy atom. The summed E-state index contributed by atoms with van der Waals surface area (Å²) in [6, 6.07) is 46.4. The smallest absolute Gasteiger partial charge is 0.178 e. The van der Waals surface area contributed by atoms with Crippen molar-refractivity contribution >= 4 is 34.4 Å². The van der Waals surface area contributed by atoms with Crippen molar-refractivity contribution in [3.8, 4) is 11.1 Å². The van der Waals surface area contributed by atoms with Crippen LogP contribution in [0, 0.1) is 5.41 Å². The van der Waals surface area contributed by atoms with Gasteiger partial charge in [-0.25, -0.2) is 9.97 Å². The Hall–Kier alpha value is -5.62. The summed E-state index contributed by atoms with van der Waals surface area (Å²) in [7, 11) is 0. The van der Waals surface area contributed by atoms with Crippen molar-refractivity contribution in [3.05, 3.63) is 156 Å². The first kappa shape index (κ1) is 29.3. The van der Waals surface area contributed by atoms with Crippen LogP contribution >= 0.6 is 0 Å². The minimum Gasteiger partial charge on any atom is -0.365 e. The third-order valence-electron chi connectivity index (χ3n) is 12.6. The van der Waals surface area contributed by atoms with Crippen LogP contribution in [-0.2, 0) is 10.8 Å². The number of para-hydroxylation sites is 3. The van der Waals surface area contributed by atoms with Crippen molar-refractivity contribution < 1.29 is 0 Å². The van der Waals surface area contributed by atoms with Gasteiger partial charge >= 0.3 is 0 Å². The molecular formula is C44H40N6. The molecule has 4 heterocycles. The Bertz CT molecular complexity index is 2290. The number of hydrogen-bond donors (Lipinski definition) is 2. The van der Waals surface area contributed by atoms with E-state index in [1.54, 1.807) is 0 Å². The minimum atomic E-state index is -0.379. The van der Waals surface area contributed by atoms with E-state index in [2.05, 4.69) is 176 Å². The maximum atomic E-state index is 5.10. The van der Waals surface area contributed by atoms with Gasteiger partial charge in [0, 0.05) is 46.0 Å². The van der Waals surface area contributed by atoms with E-state index >= 15 is 0 Å².